The molecule has 2 aromatic rings. The van der Waals surface area contributed by atoms with Crippen LogP contribution in [0.15, 0.2) is 41.5 Å². The molecular formula is C20H30N4O. The third-order valence-electron chi connectivity index (χ3n) is 3.70. The first-order chi connectivity index (χ1) is 12.2. The topological polar surface area (TPSA) is 58.5 Å². The van der Waals surface area contributed by atoms with Crippen LogP contribution in [0.4, 0.5) is 0 Å². The Morgan fingerprint density at radius 3 is 2.84 bits per heavy atom. The molecular weight excluding hydrogens is 312 g/mol. The fourth-order valence-electron chi connectivity index (χ4n) is 2.50. The summed E-state index contributed by atoms with van der Waals surface area (Å²) in [5.41, 5.74) is 2.19. The molecule has 0 spiro atoms. The van der Waals surface area contributed by atoms with Crippen LogP contribution in [0.1, 0.15) is 32.8 Å². The maximum absolute atomic E-state index is 5.61. The van der Waals surface area contributed by atoms with E-state index in [0.717, 1.165) is 49.6 Å². The van der Waals surface area contributed by atoms with Gasteiger partial charge in [-0.15, -0.1) is 0 Å². The highest BCUT2D eigenvalue weighted by molar-refractivity contribution is 5.83. The number of nitrogens with zero attached hydrogens (tertiary/aromatic N) is 2. The van der Waals surface area contributed by atoms with E-state index >= 15 is 0 Å². The number of ether oxygens (including phenoxy) is 1. The van der Waals surface area contributed by atoms with Crippen molar-refractivity contribution in [1.82, 2.24) is 15.6 Å². The third kappa shape index (κ3) is 6.70. The quantitative estimate of drug-likeness (QED) is 0.417. The number of benzene rings is 1. The highest BCUT2D eigenvalue weighted by atomic mass is 16.5. The molecule has 5 nitrogen and oxygen atoms in total. The molecule has 2 rings (SSSR count). The lowest BCUT2D eigenvalue weighted by atomic mass is 10.1. The van der Waals surface area contributed by atoms with Gasteiger partial charge in [0.2, 0.25) is 0 Å². The molecule has 0 bridgehead atoms. The van der Waals surface area contributed by atoms with E-state index in [1.54, 1.807) is 0 Å². The van der Waals surface area contributed by atoms with Crippen molar-refractivity contribution in [3.8, 4) is 0 Å². The van der Waals surface area contributed by atoms with Gasteiger partial charge in [-0.1, -0.05) is 32.0 Å². The monoisotopic (exact) mass is 342 g/mol. The van der Waals surface area contributed by atoms with Crippen molar-refractivity contribution in [2.24, 2.45) is 10.9 Å². The SMILES string of the molecule is CCNC(=NCc1ccnc2ccccc12)NCCCOCC(C)C. The standard InChI is InChI=1S/C20H30N4O/c1-4-21-20(23-11-7-13-25-15-16(2)3)24-14-17-10-12-22-19-9-6-5-8-18(17)19/h5-6,8-10,12,16H,4,7,11,13-15H2,1-3H3,(H2,21,23,24). The summed E-state index contributed by atoms with van der Waals surface area (Å²) < 4.78 is 5.61. The number of aromatic nitrogens is 1. The molecule has 5 heteroatoms. The van der Waals surface area contributed by atoms with E-state index in [-0.39, 0.29) is 0 Å². The zero-order valence-electron chi connectivity index (χ0n) is 15.6. The van der Waals surface area contributed by atoms with E-state index < -0.39 is 0 Å². The van der Waals surface area contributed by atoms with Gasteiger partial charge in [0.05, 0.1) is 12.1 Å². The summed E-state index contributed by atoms with van der Waals surface area (Å²) in [6.07, 6.45) is 2.81. The van der Waals surface area contributed by atoms with Crippen LogP contribution < -0.4 is 10.6 Å². The van der Waals surface area contributed by atoms with Gasteiger partial charge in [0.1, 0.15) is 0 Å². The van der Waals surface area contributed by atoms with E-state index in [9.17, 15) is 0 Å². The lowest BCUT2D eigenvalue weighted by Gasteiger charge is -2.12. The number of aliphatic imine (C=N–C) groups is 1. The Bertz CT molecular complexity index is 664. The van der Waals surface area contributed by atoms with Crippen molar-refractivity contribution in [3.05, 3.63) is 42.1 Å². The Morgan fingerprint density at radius 1 is 1.20 bits per heavy atom. The first-order valence-electron chi connectivity index (χ1n) is 9.13. The van der Waals surface area contributed by atoms with Crippen molar-refractivity contribution >= 4 is 16.9 Å². The Labute approximate surface area is 150 Å². The Kier molecular flexibility index (Phi) is 8.19. The highest BCUT2D eigenvalue weighted by Crippen LogP contribution is 2.16. The molecule has 0 aliphatic rings. The molecule has 0 aliphatic heterocycles. The lowest BCUT2D eigenvalue weighted by Crippen LogP contribution is -2.38. The number of hydrogen-bond acceptors (Lipinski definition) is 3. The number of hydrogen-bond donors (Lipinski definition) is 2. The van der Waals surface area contributed by atoms with Crippen molar-refractivity contribution in [2.75, 3.05) is 26.3 Å². The molecule has 136 valence electrons. The molecule has 0 fully saturated rings. The fourth-order valence-corrected chi connectivity index (χ4v) is 2.50. The Hall–Kier alpha value is -2.14. The maximum Gasteiger partial charge on any atom is 0.191 e. The summed E-state index contributed by atoms with van der Waals surface area (Å²) in [6.45, 7) is 10.3. The van der Waals surface area contributed by atoms with Gasteiger partial charge in [-0.05, 0) is 37.0 Å². The zero-order valence-corrected chi connectivity index (χ0v) is 15.6. The lowest BCUT2D eigenvalue weighted by molar-refractivity contribution is 0.108. The van der Waals surface area contributed by atoms with Crippen LogP contribution in [0.2, 0.25) is 0 Å². The van der Waals surface area contributed by atoms with Crippen LogP contribution in [-0.4, -0.2) is 37.2 Å². The smallest absolute Gasteiger partial charge is 0.191 e. The number of rotatable bonds is 9. The number of pyridine rings is 1. The van der Waals surface area contributed by atoms with Gasteiger partial charge >= 0.3 is 0 Å². The summed E-state index contributed by atoms with van der Waals surface area (Å²) in [6, 6.07) is 10.2. The second kappa shape index (κ2) is 10.7. The van der Waals surface area contributed by atoms with E-state index in [0.29, 0.717) is 12.5 Å². The van der Waals surface area contributed by atoms with Crippen LogP contribution in [0.25, 0.3) is 10.9 Å². The molecule has 1 aromatic carbocycles. The molecule has 0 saturated heterocycles. The Balaban J connectivity index is 1.88. The minimum Gasteiger partial charge on any atom is -0.381 e. The molecule has 0 unspecified atom stereocenters. The molecule has 0 amide bonds. The van der Waals surface area contributed by atoms with E-state index in [1.165, 1.54) is 5.56 Å². The van der Waals surface area contributed by atoms with E-state index in [1.807, 2.05) is 30.5 Å². The molecule has 0 saturated carbocycles. The van der Waals surface area contributed by atoms with Gasteiger partial charge < -0.3 is 15.4 Å². The minimum absolute atomic E-state index is 0.585. The normalized spacial score (nSPS) is 11.9. The van der Waals surface area contributed by atoms with Crippen LogP contribution in [-0.2, 0) is 11.3 Å². The minimum atomic E-state index is 0.585. The Morgan fingerprint density at radius 2 is 2.04 bits per heavy atom. The summed E-state index contributed by atoms with van der Waals surface area (Å²) in [4.78, 5) is 9.11. The molecule has 2 N–H and O–H groups in total. The summed E-state index contributed by atoms with van der Waals surface area (Å²) in [5, 5.41) is 7.82. The van der Waals surface area contributed by atoms with Gasteiger partial charge in [0, 0.05) is 37.9 Å². The predicted molar refractivity (Wildman–Crippen MR) is 105 cm³/mol. The van der Waals surface area contributed by atoms with Crippen LogP contribution in [0.5, 0.6) is 0 Å². The van der Waals surface area contributed by atoms with Gasteiger partial charge in [-0.2, -0.15) is 0 Å². The molecule has 0 radical (unpaired) electrons. The number of fused-ring (bicyclic) bond motifs is 1. The summed E-state index contributed by atoms with van der Waals surface area (Å²) in [5.74, 6) is 1.43. The number of nitrogens with one attached hydrogen (secondary N) is 2. The molecule has 1 heterocycles. The van der Waals surface area contributed by atoms with Gasteiger partial charge in [0.15, 0.2) is 5.96 Å². The highest BCUT2D eigenvalue weighted by Gasteiger charge is 2.02. The van der Waals surface area contributed by atoms with Crippen LogP contribution >= 0.6 is 0 Å². The number of guanidine groups is 1. The second-order valence-electron chi connectivity index (χ2n) is 6.43. The summed E-state index contributed by atoms with van der Waals surface area (Å²) in [7, 11) is 0. The van der Waals surface area contributed by atoms with E-state index in [2.05, 4.69) is 42.5 Å². The fraction of sp³-hybridized carbons (Fsp3) is 0.500. The van der Waals surface area contributed by atoms with Crippen molar-refractivity contribution in [2.45, 2.75) is 33.7 Å². The molecule has 0 atom stereocenters. The van der Waals surface area contributed by atoms with Gasteiger partial charge in [-0.25, -0.2) is 4.99 Å². The number of para-hydroxylation sites is 1. The second-order valence-corrected chi connectivity index (χ2v) is 6.43. The van der Waals surface area contributed by atoms with Crippen LogP contribution in [0, 0.1) is 5.92 Å². The largest absolute Gasteiger partial charge is 0.381 e. The van der Waals surface area contributed by atoms with Crippen molar-refractivity contribution in [1.29, 1.82) is 0 Å². The molecule has 25 heavy (non-hydrogen) atoms. The average Bonchev–Trinajstić information content (AvgIpc) is 2.62. The molecule has 0 aliphatic carbocycles. The van der Waals surface area contributed by atoms with Crippen molar-refractivity contribution in [3.63, 3.8) is 0 Å². The first kappa shape index (κ1) is 19.2. The van der Waals surface area contributed by atoms with Gasteiger partial charge in [0.25, 0.3) is 0 Å². The molecule has 1 aromatic heterocycles. The van der Waals surface area contributed by atoms with Crippen LogP contribution in [0.3, 0.4) is 0 Å². The van der Waals surface area contributed by atoms with E-state index in [4.69, 9.17) is 9.73 Å². The predicted octanol–water partition coefficient (Wildman–Crippen LogP) is 3.35. The average molecular weight is 342 g/mol. The third-order valence-corrected chi connectivity index (χ3v) is 3.70. The summed E-state index contributed by atoms with van der Waals surface area (Å²) >= 11 is 0. The first-order valence-corrected chi connectivity index (χ1v) is 9.13. The zero-order chi connectivity index (χ0) is 17.9. The maximum atomic E-state index is 5.61. The van der Waals surface area contributed by atoms with Crippen molar-refractivity contribution < 1.29 is 4.74 Å². The van der Waals surface area contributed by atoms with Gasteiger partial charge in [-0.3, -0.25) is 4.98 Å².